The highest BCUT2D eigenvalue weighted by Crippen LogP contribution is 2.50. The molecule has 2 rings (SSSR count). The third-order valence-corrected chi connectivity index (χ3v) is 5.11. The van der Waals surface area contributed by atoms with Gasteiger partial charge in [-0.3, -0.25) is 19.2 Å². The SMILES string of the molecule is O=C(O)C1CC(C(=O)O)C2CC(C(=O)O)CC(C(=O)O)C2C1. The van der Waals surface area contributed by atoms with Crippen LogP contribution in [0.3, 0.4) is 0 Å². The minimum Gasteiger partial charge on any atom is -0.481 e. The average molecular weight is 314 g/mol. The van der Waals surface area contributed by atoms with Gasteiger partial charge in [-0.05, 0) is 37.5 Å². The van der Waals surface area contributed by atoms with Crippen LogP contribution in [0.4, 0.5) is 0 Å². The summed E-state index contributed by atoms with van der Waals surface area (Å²) in [7, 11) is 0. The number of hydrogen-bond acceptors (Lipinski definition) is 4. The molecule has 0 heterocycles. The molecule has 0 aliphatic heterocycles. The van der Waals surface area contributed by atoms with E-state index in [0.717, 1.165) is 0 Å². The van der Waals surface area contributed by atoms with Crippen molar-refractivity contribution < 1.29 is 39.6 Å². The lowest BCUT2D eigenvalue weighted by Gasteiger charge is -2.46. The standard InChI is InChI=1S/C14H18O8/c15-11(16)5-1-7-8(10(3-5)14(21)22)2-6(12(17)18)4-9(7)13(19)20/h5-10H,1-4H2,(H,15,16)(H,17,18)(H,19,20)(H,21,22). The molecule has 0 aromatic carbocycles. The van der Waals surface area contributed by atoms with E-state index >= 15 is 0 Å². The quantitative estimate of drug-likeness (QED) is 0.589. The van der Waals surface area contributed by atoms with Crippen molar-refractivity contribution in [3.63, 3.8) is 0 Å². The largest absolute Gasteiger partial charge is 0.481 e. The summed E-state index contributed by atoms with van der Waals surface area (Å²) in [5.41, 5.74) is 0. The molecule has 0 aromatic rings. The van der Waals surface area contributed by atoms with Gasteiger partial charge in [-0.1, -0.05) is 0 Å². The van der Waals surface area contributed by atoms with Gasteiger partial charge in [-0.25, -0.2) is 0 Å². The Kier molecular flexibility index (Phi) is 4.39. The zero-order valence-corrected chi connectivity index (χ0v) is 11.7. The zero-order chi connectivity index (χ0) is 16.6. The van der Waals surface area contributed by atoms with Crippen LogP contribution < -0.4 is 0 Å². The van der Waals surface area contributed by atoms with E-state index in [2.05, 4.69) is 0 Å². The molecule has 6 atom stereocenters. The smallest absolute Gasteiger partial charge is 0.306 e. The molecule has 0 aromatic heterocycles. The van der Waals surface area contributed by atoms with Crippen LogP contribution in [0.25, 0.3) is 0 Å². The van der Waals surface area contributed by atoms with Crippen molar-refractivity contribution in [2.75, 3.05) is 0 Å². The van der Waals surface area contributed by atoms with E-state index in [1.54, 1.807) is 0 Å². The van der Waals surface area contributed by atoms with Gasteiger partial charge in [0.1, 0.15) is 0 Å². The molecule has 8 heteroatoms. The van der Waals surface area contributed by atoms with Gasteiger partial charge in [0.05, 0.1) is 23.7 Å². The molecule has 4 N–H and O–H groups in total. The summed E-state index contributed by atoms with van der Waals surface area (Å²) in [6.07, 6.45) is 0.0230. The third kappa shape index (κ3) is 2.90. The average Bonchev–Trinajstić information content (AvgIpc) is 2.44. The minimum absolute atomic E-state index is 0.0789. The van der Waals surface area contributed by atoms with E-state index in [0.29, 0.717) is 0 Å². The number of rotatable bonds is 4. The summed E-state index contributed by atoms with van der Waals surface area (Å²) in [5, 5.41) is 37.0. The fourth-order valence-corrected chi connectivity index (χ4v) is 4.06. The number of carboxylic acids is 4. The van der Waals surface area contributed by atoms with Gasteiger partial charge in [0.15, 0.2) is 0 Å². The number of carboxylic acid groups (broad SMARTS) is 4. The van der Waals surface area contributed by atoms with Crippen LogP contribution in [0.2, 0.25) is 0 Å². The van der Waals surface area contributed by atoms with Gasteiger partial charge in [0.25, 0.3) is 0 Å². The van der Waals surface area contributed by atoms with Crippen LogP contribution in [0.5, 0.6) is 0 Å². The predicted molar refractivity (Wildman–Crippen MR) is 70.0 cm³/mol. The Bertz CT molecular complexity index is 467. The van der Waals surface area contributed by atoms with E-state index in [9.17, 15) is 29.4 Å². The summed E-state index contributed by atoms with van der Waals surface area (Å²) in [6, 6.07) is 0. The van der Waals surface area contributed by atoms with Crippen LogP contribution in [0.15, 0.2) is 0 Å². The van der Waals surface area contributed by atoms with Crippen molar-refractivity contribution in [2.24, 2.45) is 35.5 Å². The Morgan fingerprint density at radius 2 is 0.864 bits per heavy atom. The summed E-state index contributed by atoms with van der Waals surface area (Å²) >= 11 is 0. The highest BCUT2D eigenvalue weighted by Gasteiger charge is 2.52. The number of aliphatic carboxylic acids is 4. The highest BCUT2D eigenvalue weighted by atomic mass is 16.4. The molecule has 22 heavy (non-hydrogen) atoms. The molecule has 0 bridgehead atoms. The Labute approximate surface area is 125 Å². The Morgan fingerprint density at radius 3 is 1.09 bits per heavy atom. The van der Waals surface area contributed by atoms with E-state index in [1.165, 1.54) is 0 Å². The number of hydrogen-bond donors (Lipinski definition) is 4. The number of carbonyl (C=O) groups is 4. The lowest BCUT2D eigenvalue weighted by Crippen LogP contribution is -2.49. The van der Waals surface area contributed by atoms with Crippen LogP contribution in [-0.4, -0.2) is 44.3 Å². The van der Waals surface area contributed by atoms with Gasteiger partial charge >= 0.3 is 23.9 Å². The van der Waals surface area contributed by atoms with Crippen LogP contribution in [0, 0.1) is 35.5 Å². The normalized spacial score (nSPS) is 37.8. The van der Waals surface area contributed by atoms with E-state index in [4.69, 9.17) is 10.2 Å². The first-order valence-electron chi connectivity index (χ1n) is 7.13. The van der Waals surface area contributed by atoms with Crippen molar-refractivity contribution >= 4 is 23.9 Å². The molecule has 122 valence electrons. The molecule has 0 saturated heterocycles. The molecule has 0 amide bonds. The first kappa shape index (κ1) is 16.3. The van der Waals surface area contributed by atoms with Gasteiger partial charge in [-0.15, -0.1) is 0 Å². The summed E-state index contributed by atoms with van der Waals surface area (Å²) in [5.74, 6) is -9.66. The third-order valence-electron chi connectivity index (χ3n) is 5.11. The second-order valence-electron chi connectivity index (χ2n) is 6.23. The Hall–Kier alpha value is -2.12. The van der Waals surface area contributed by atoms with E-state index in [1.807, 2.05) is 0 Å². The maximum Gasteiger partial charge on any atom is 0.306 e. The molecule has 2 saturated carbocycles. The minimum atomic E-state index is -1.18. The summed E-state index contributed by atoms with van der Waals surface area (Å²) < 4.78 is 0. The molecule has 2 aliphatic carbocycles. The van der Waals surface area contributed by atoms with Gasteiger partial charge in [0, 0.05) is 0 Å². The first-order chi connectivity index (χ1) is 10.2. The fourth-order valence-electron chi connectivity index (χ4n) is 4.06. The highest BCUT2D eigenvalue weighted by molar-refractivity contribution is 5.78. The van der Waals surface area contributed by atoms with Crippen molar-refractivity contribution in [1.29, 1.82) is 0 Å². The van der Waals surface area contributed by atoms with Crippen molar-refractivity contribution in [3.8, 4) is 0 Å². The molecule has 0 spiro atoms. The number of fused-ring (bicyclic) bond motifs is 1. The molecule has 0 radical (unpaired) electrons. The van der Waals surface area contributed by atoms with E-state index < -0.39 is 59.4 Å². The van der Waals surface area contributed by atoms with Crippen molar-refractivity contribution in [3.05, 3.63) is 0 Å². The maximum absolute atomic E-state index is 11.4. The molecular weight excluding hydrogens is 296 g/mol. The Balaban J connectivity index is 2.36. The van der Waals surface area contributed by atoms with Crippen LogP contribution in [-0.2, 0) is 19.2 Å². The summed E-state index contributed by atoms with van der Waals surface area (Å²) in [4.78, 5) is 45.3. The second-order valence-corrected chi connectivity index (χ2v) is 6.23. The fraction of sp³-hybridized carbons (Fsp3) is 0.714. The lowest BCUT2D eigenvalue weighted by atomic mass is 9.56. The topological polar surface area (TPSA) is 149 Å². The van der Waals surface area contributed by atoms with Gasteiger partial charge in [0.2, 0.25) is 0 Å². The van der Waals surface area contributed by atoms with Gasteiger partial charge in [-0.2, -0.15) is 0 Å². The first-order valence-corrected chi connectivity index (χ1v) is 7.13. The molecule has 2 fully saturated rings. The second kappa shape index (κ2) is 5.94. The summed E-state index contributed by atoms with van der Waals surface area (Å²) in [6.45, 7) is 0. The molecular formula is C14H18O8. The predicted octanol–water partition coefficient (Wildman–Crippen LogP) is 0.610. The molecule has 8 nitrogen and oxygen atoms in total. The van der Waals surface area contributed by atoms with Crippen LogP contribution in [0.1, 0.15) is 25.7 Å². The monoisotopic (exact) mass is 314 g/mol. The maximum atomic E-state index is 11.4. The van der Waals surface area contributed by atoms with Crippen molar-refractivity contribution in [1.82, 2.24) is 0 Å². The molecule has 2 aliphatic rings. The van der Waals surface area contributed by atoms with Crippen molar-refractivity contribution in [2.45, 2.75) is 25.7 Å². The van der Waals surface area contributed by atoms with Crippen LogP contribution >= 0.6 is 0 Å². The molecule has 6 unspecified atom stereocenters. The lowest BCUT2D eigenvalue weighted by molar-refractivity contribution is -0.166. The van der Waals surface area contributed by atoms with E-state index in [-0.39, 0.29) is 25.7 Å². The zero-order valence-electron chi connectivity index (χ0n) is 11.7. The van der Waals surface area contributed by atoms with Gasteiger partial charge < -0.3 is 20.4 Å². The Morgan fingerprint density at radius 1 is 0.545 bits per heavy atom.